The van der Waals surface area contributed by atoms with Crippen LogP contribution in [0.2, 0.25) is 5.02 Å². The van der Waals surface area contributed by atoms with E-state index in [2.05, 4.69) is 0 Å². The lowest BCUT2D eigenvalue weighted by molar-refractivity contribution is 0.0581. The van der Waals surface area contributed by atoms with Crippen molar-refractivity contribution < 1.29 is 19.4 Å². The van der Waals surface area contributed by atoms with Gasteiger partial charge < -0.3 is 14.6 Å². The smallest absolute Gasteiger partial charge is 0.271 e. The van der Waals surface area contributed by atoms with Gasteiger partial charge in [0, 0.05) is 5.02 Å². The molecule has 156 valence electrons. The zero-order valence-electron chi connectivity index (χ0n) is 16.5. The highest BCUT2D eigenvalue weighted by molar-refractivity contribution is 6.31. The second-order valence-corrected chi connectivity index (χ2v) is 7.43. The van der Waals surface area contributed by atoms with Crippen LogP contribution in [0.25, 0.3) is 0 Å². The van der Waals surface area contributed by atoms with Crippen molar-refractivity contribution in [2.45, 2.75) is 19.6 Å². The van der Waals surface area contributed by atoms with Crippen LogP contribution in [0, 0.1) is 18.3 Å². The maximum absolute atomic E-state index is 13.3. The summed E-state index contributed by atoms with van der Waals surface area (Å²) < 4.78 is 12.3. The summed E-state index contributed by atoms with van der Waals surface area (Å²) in [5.74, 6) is -0.231. The van der Waals surface area contributed by atoms with Gasteiger partial charge in [0.25, 0.3) is 5.56 Å². The van der Waals surface area contributed by atoms with Crippen LogP contribution in [0.1, 0.15) is 27.0 Å². The van der Waals surface area contributed by atoms with Crippen LogP contribution in [0.15, 0.2) is 53.3 Å². The molecule has 1 aliphatic heterocycles. The van der Waals surface area contributed by atoms with Crippen molar-refractivity contribution in [3.05, 3.63) is 86.2 Å². The summed E-state index contributed by atoms with van der Waals surface area (Å²) in [5.41, 5.74) is -0.451. The number of ketones is 1. The first-order valence-corrected chi connectivity index (χ1v) is 9.82. The molecule has 7 nitrogen and oxygen atoms in total. The molecular formula is C23H17ClN2O5. The Morgan fingerprint density at radius 3 is 2.61 bits per heavy atom. The molecule has 1 aromatic heterocycles. The summed E-state index contributed by atoms with van der Waals surface area (Å²) in [7, 11) is 0. The number of benzene rings is 2. The number of nitrogens with zero attached hydrogens (tertiary/aromatic N) is 2. The van der Waals surface area contributed by atoms with Crippen molar-refractivity contribution in [2.75, 3.05) is 6.61 Å². The van der Waals surface area contributed by atoms with Crippen LogP contribution in [0.5, 0.6) is 17.4 Å². The highest BCUT2D eigenvalue weighted by Crippen LogP contribution is 2.33. The number of aromatic nitrogens is 1. The van der Waals surface area contributed by atoms with Gasteiger partial charge in [0.1, 0.15) is 18.2 Å². The third-order valence-corrected chi connectivity index (χ3v) is 5.50. The van der Waals surface area contributed by atoms with Crippen molar-refractivity contribution in [2.24, 2.45) is 0 Å². The molecule has 1 N–H and O–H groups in total. The van der Waals surface area contributed by atoms with Gasteiger partial charge in [-0.2, -0.15) is 5.26 Å². The van der Waals surface area contributed by atoms with Crippen LogP contribution in [0.4, 0.5) is 0 Å². The largest absolute Gasteiger partial charge is 0.494 e. The molecule has 0 aliphatic carbocycles. The second-order valence-electron chi connectivity index (χ2n) is 7.02. The Labute approximate surface area is 182 Å². The highest BCUT2D eigenvalue weighted by Gasteiger charge is 2.33. The van der Waals surface area contributed by atoms with E-state index in [0.717, 1.165) is 4.57 Å². The van der Waals surface area contributed by atoms with Gasteiger partial charge in [-0.05, 0) is 36.2 Å². The number of aromatic hydroxyl groups is 1. The van der Waals surface area contributed by atoms with Crippen LogP contribution < -0.4 is 15.0 Å². The molecular weight excluding hydrogens is 420 g/mol. The van der Waals surface area contributed by atoms with E-state index in [9.17, 15) is 20.0 Å². The Morgan fingerprint density at radius 2 is 1.90 bits per heavy atom. The molecule has 2 heterocycles. The number of hydrogen-bond acceptors (Lipinski definition) is 6. The molecule has 2 aromatic carbocycles. The van der Waals surface area contributed by atoms with E-state index in [1.165, 1.54) is 6.92 Å². The number of fused-ring (bicyclic) bond motifs is 1. The third kappa shape index (κ3) is 3.62. The molecule has 1 unspecified atom stereocenters. The second kappa shape index (κ2) is 8.17. The van der Waals surface area contributed by atoms with Crippen LogP contribution in [-0.2, 0) is 6.54 Å². The SMILES string of the molecule is Cc1c(C(=O)C2COc3ccccc3O2)c(O)n(Cc2ccccc2Cl)c(=O)c1C#N. The van der Waals surface area contributed by atoms with Crippen LogP contribution in [-0.4, -0.2) is 28.2 Å². The van der Waals surface area contributed by atoms with Crippen LogP contribution in [0.3, 0.4) is 0 Å². The summed E-state index contributed by atoms with van der Waals surface area (Å²) in [4.78, 5) is 26.1. The Hall–Kier alpha value is -3.76. The van der Waals surface area contributed by atoms with Crippen molar-refractivity contribution in [1.29, 1.82) is 5.26 Å². The molecule has 0 bridgehead atoms. The van der Waals surface area contributed by atoms with E-state index in [1.54, 1.807) is 48.5 Å². The molecule has 0 amide bonds. The lowest BCUT2D eigenvalue weighted by atomic mass is 9.98. The number of carbonyl (C=O) groups is 1. The summed E-state index contributed by atoms with van der Waals surface area (Å²) in [6, 6.07) is 15.6. The van der Waals surface area contributed by atoms with E-state index >= 15 is 0 Å². The molecule has 1 aliphatic rings. The summed E-state index contributed by atoms with van der Waals surface area (Å²) in [6.07, 6.45) is -1.04. The topological polar surface area (TPSA) is 102 Å². The molecule has 8 heteroatoms. The first-order chi connectivity index (χ1) is 14.9. The molecule has 0 spiro atoms. The number of pyridine rings is 1. The normalized spacial score (nSPS) is 14.7. The maximum atomic E-state index is 13.3. The lowest BCUT2D eigenvalue weighted by Gasteiger charge is -2.26. The van der Waals surface area contributed by atoms with Crippen molar-refractivity contribution in [3.63, 3.8) is 0 Å². The number of Topliss-reactive ketones (excluding diaryl/α,β-unsaturated/α-hetero) is 1. The monoisotopic (exact) mass is 436 g/mol. The van der Waals surface area contributed by atoms with E-state index < -0.39 is 23.3 Å². The maximum Gasteiger partial charge on any atom is 0.271 e. The van der Waals surface area contributed by atoms with E-state index in [1.807, 2.05) is 6.07 Å². The number of rotatable bonds is 4. The first-order valence-electron chi connectivity index (χ1n) is 9.45. The van der Waals surface area contributed by atoms with Crippen molar-refractivity contribution in [3.8, 4) is 23.4 Å². The summed E-state index contributed by atoms with van der Waals surface area (Å²) >= 11 is 6.19. The highest BCUT2D eigenvalue weighted by atomic mass is 35.5. The van der Waals surface area contributed by atoms with Crippen molar-refractivity contribution in [1.82, 2.24) is 4.57 Å². The van der Waals surface area contributed by atoms with Gasteiger partial charge in [-0.3, -0.25) is 14.2 Å². The van der Waals surface area contributed by atoms with E-state index in [0.29, 0.717) is 22.1 Å². The fraction of sp³-hybridized carbons (Fsp3) is 0.174. The minimum atomic E-state index is -1.04. The first kappa shape index (κ1) is 20.5. The predicted octanol–water partition coefficient (Wildman–Crippen LogP) is 3.46. The molecule has 0 saturated heterocycles. The van der Waals surface area contributed by atoms with E-state index in [4.69, 9.17) is 21.1 Å². The fourth-order valence-corrected chi connectivity index (χ4v) is 3.69. The van der Waals surface area contributed by atoms with Gasteiger partial charge in [0.15, 0.2) is 17.6 Å². The van der Waals surface area contributed by atoms with Gasteiger partial charge in [-0.25, -0.2) is 0 Å². The number of halogens is 1. The molecule has 31 heavy (non-hydrogen) atoms. The fourth-order valence-electron chi connectivity index (χ4n) is 3.50. The van der Waals surface area contributed by atoms with Gasteiger partial charge >= 0.3 is 0 Å². The molecule has 0 fully saturated rings. The summed E-state index contributed by atoms with van der Waals surface area (Å²) in [6.45, 7) is 1.27. The number of carbonyl (C=O) groups excluding carboxylic acids is 1. The number of ether oxygens (including phenoxy) is 2. The number of nitriles is 1. The minimum Gasteiger partial charge on any atom is -0.494 e. The molecule has 4 rings (SSSR count). The third-order valence-electron chi connectivity index (χ3n) is 5.13. The van der Waals surface area contributed by atoms with Gasteiger partial charge in [0.2, 0.25) is 11.7 Å². The average Bonchev–Trinajstić information content (AvgIpc) is 2.77. The quantitative estimate of drug-likeness (QED) is 0.628. The van der Waals surface area contributed by atoms with Crippen molar-refractivity contribution >= 4 is 17.4 Å². The molecule has 0 radical (unpaired) electrons. The van der Waals surface area contributed by atoms with Gasteiger partial charge in [-0.1, -0.05) is 41.9 Å². The molecule has 3 aromatic rings. The minimum absolute atomic E-state index is 0.0692. The predicted molar refractivity (Wildman–Crippen MR) is 113 cm³/mol. The number of para-hydroxylation sites is 2. The zero-order valence-corrected chi connectivity index (χ0v) is 17.2. The Balaban J connectivity index is 1.79. The molecule has 0 saturated carbocycles. The zero-order chi connectivity index (χ0) is 22.1. The average molecular weight is 437 g/mol. The summed E-state index contributed by atoms with van der Waals surface area (Å²) in [5, 5.41) is 20.8. The Bertz CT molecular complexity index is 1290. The van der Waals surface area contributed by atoms with Gasteiger partial charge in [-0.15, -0.1) is 0 Å². The standard InChI is InChI=1S/C23H17ClN2O5/c1-13-15(10-25)22(28)26(11-14-6-2-3-7-16(14)24)23(29)20(13)21(27)19-12-30-17-8-4-5-9-18(17)31-19/h2-9,19,29H,11-12H2,1H3. The number of hydrogen-bond donors (Lipinski definition) is 1. The van der Waals surface area contributed by atoms with Crippen LogP contribution >= 0.6 is 11.6 Å². The van der Waals surface area contributed by atoms with Gasteiger partial charge in [0.05, 0.1) is 12.1 Å². The Kier molecular flexibility index (Phi) is 5.40. The van der Waals surface area contributed by atoms with E-state index in [-0.39, 0.29) is 29.8 Å². The Morgan fingerprint density at radius 1 is 1.23 bits per heavy atom. The lowest BCUT2D eigenvalue weighted by Crippen LogP contribution is -2.38. The molecule has 1 atom stereocenters.